The average molecular weight is 183 g/mol. The van der Waals surface area contributed by atoms with E-state index in [9.17, 15) is 9.59 Å². The van der Waals surface area contributed by atoms with Crippen LogP contribution in [0, 0.1) is 5.92 Å². The summed E-state index contributed by atoms with van der Waals surface area (Å²) >= 11 is 0. The van der Waals surface area contributed by atoms with Crippen molar-refractivity contribution in [3.05, 3.63) is 0 Å². The number of carbonyl (C=O) groups is 2. The number of Topliss-reactive ketones (excluding diaryl/α,β-unsaturated/α-hetero) is 1. The predicted molar refractivity (Wildman–Crippen MR) is 50.2 cm³/mol. The summed E-state index contributed by atoms with van der Waals surface area (Å²) in [4.78, 5) is 21.9. The molecule has 0 aliphatic heterocycles. The maximum Gasteiger partial charge on any atom is 0.227 e. The molecule has 13 heavy (non-hydrogen) atoms. The molecule has 74 valence electrons. The first-order valence-corrected chi connectivity index (χ1v) is 4.72. The summed E-state index contributed by atoms with van der Waals surface area (Å²) < 4.78 is 0. The van der Waals surface area contributed by atoms with Crippen molar-refractivity contribution in [1.29, 1.82) is 0 Å². The van der Waals surface area contributed by atoms with Crippen molar-refractivity contribution in [2.24, 2.45) is 5.92 Å². The van der Waals surface area contributed by atoms with Gasteiger partial charge in [0.25, 0.3) is 0 Å². The zero-order valence-electron chi connectivity index (χ0n) is 8.52. The van der Waals surface area contributed by atoms with E-state index in [0.29, 0.717) is 5.92 Å². The molecular formula is C10H17NO2. The van der Waals surface area contributed by atoms with Gasteiger partial charge < -0.3 is 5.32 Å². The van der Waals surface area contributed by atoms with E-state index >= 15 is 0 Å². The Bertz CT molecular complexity index is 229. The van der Waals surface area contributed by atoms with Crippen LogP contribution in [0.2, 0.25) is 0 Å². The smallest absolute Gasteiger partial charge is 0.227 e. The molecule has 1 N–H and O–H groups in total. The van der Waals surface area contributed by atoms with Crippen LogP contribution in [0.3, 0.4) is 0 Å². The van der Waals surface area contributed by atoms with Crippen LogP contribution in [-0.2, 0) is 9.59 Å². The van der Waals surface area contributed by atoms with E-state index in [1.54, 1.807) is 0 Å². The van der Waals surface area contributed by atoms with Crippen molar-refractivity contribution in [1.82, 2.24) is 5.32 Å². The van der Waals surface area contributed by atoms with Crippen molar-refractivity contribution >= 4 is 11.7 Å². The lowest BCUT2D eigenvalue weighted by atomic mass is 9.98. The number of rotatable bonds is 4. The molecule has 0 bridgehead atoms. The van der Waals surface area contributed by atoms with Crippen LogP contribution >= 0.6 is 0 Å². The molecule has 3 heteroatoms. The van der Waals surface area contributed by atoms with Gasteiger partial charge in [0.15, 0.2) is 0 Å². The van der Waals surface area contributed by atoms with Gasteiger partial charge >= 0.3 is 0 Å². The first-order valence-electron chi connectivity index (χ1n) is 4.72. The lowest BCUT2D eigenvalue weighted by Crippen LogP contribution is -2.45. The predicted octanol–water partition coefficient (Wildman–Crippen LogP) is 1.27. The minimum absolute atomic E-state index is 0.0101. The van der Waals surface area contributed by atoms with Crippen LogP contribution in [0.1, 0.15) is 40.0 Å². The molecule has 1 aliphatic rings. The molecule has 0 atom stereocenters. The fourth-order valence-electron chi connectivity index (χ4n) is 1.54. The maximum absolute atomic E-state index is 11.3. The second-order valence-corrected chi connectivity index (χ2v) is 4.42. The highest BCUT2D eigenvalue weighted by Crippen LogP contribution is 2.39. The quantitative estimate of drug-likeness (QED) is 0.667. The zero-order valence-corrected chi connectivity index (χ0v) is 8.52. The molecule has 0 radical (unpaired) electrons. The SMILES string of the molecule is CC(=O)CC(=O)NC(C)(C)C1CC1. The summed E-state index contributed by atoms with van der Waals surface area (Å²) in [5.74, 6) is 0.372. The summed E-state index contributed by atoms with van der Waals surface area (Å²) in [5.41, 5.74) is -0.132. The van der Waals surface area contributed by atoms with E-state index < -0.39 is 0 Å². The van der Waals surface area contributed by atoms with Gasteiger partial charge in [-0.2, -0.15) is 0 Å². The Hall–Kier alpha value is -0.860. The fraction of sp³-hybridized carbons (Fsp3) is 0.800. The molecule has 0 aromatic rings. The summed E-state index contributed by atoms with van der Waals surface area (Å²) in [5, 5.41) is 2.89. The molecule has 1 saturated carbocycles. The van der Waals surface area contributed by atoms with Gasteiger partial charge in [0.2, 0.25) is 5.91 Å². The third kappa shape index (κ3) is 3.17. The van der Waals surface area contributed by atoms with Gasteiger partial charge in [-0.15, -0.1) is 0 Å². The summed E-state index contributed by atoms with van der Waals surface area (Å²) in [6.45, 7) is 5.47. The fourth-order valence-corrected chi connectivity index (χ4v) is 1.54. The highest BCUT2D eigenvalue weighted by molar-refractivity contribution is 5.97. The maximum atomic E-state index is 11.3. The molecule has 0 heterocycles. The van der Waals surface area contributed by atoms with Crippen molar-refractivity contribution in [3.8, 4) is 0 Å². The van der Waals surface area contributed by atoms with Crippen LogP contribution in [0.25, 0.3) is 0 Å². The molecule has 0 spiro atoms. The number of nitrogens with one attached hydrogen (secondary N) is 1. The van der Waals surface area contributed by atoms with Gasteiger partial charge in [0, 0.05) is 5.54 Å². The van der Waals surface area contributed by atoms with Gasteiger partial charge in [0.05, 0.1) is 6.42 Å². The minimum Gasteiger partial charge on any atom is -0.351 e. The molecule has 1 rings (SSSR count). The second-order valence-electron chi connectivity index (χ2n) is 4.42. The van der Waals surface area contributed by atoms with Crippen molar-refractivity contribution < 1.29 is 9.59 Å². The lowest BCUT2D eigenvalue weighted by Gasteiger charge is -2.25. The third-order valence-electron chi connectivity index (χ3n) is 2.47. The second kappa shape index (κ2) is 3.48. The number of hydrogen-bond donors (Lipinski definition) is 1. The number of amides is 1. The number of hydrogen-bond acceptors (Lipinski definition) is 2. The topological polar surface area (TPSA) is 46.2 Å². The Kier molecular flexibility index (Phi) is 2.74. The highest BCUT2D eigenvalue weighted by atomic mass is 16.2. The number of carbonyl (C=O) groups excluding carboxylic acids is 2. The monoisotopic (exact) mass is 183 g/mol. The highest BCUT2D eigenvalue weighted by Gasteiger charge is 2.38. The molecular weight excluding hydrogens is 166 g/mol. The van der Waals surface area contributed by atoms with E-state index in [4.69, 9.17) is 0 Å². The Labute approximate surface area is 78.9 Å². The van der Waals surface area contributed by atoms with E-state index in [2.05, 4.69) is 5.32 Å². The molecule has 1 amide bonds. The molecule has 1 aliphatic carbocycles. The van der Waals surface area contributed by atoms with Gasteiger partial charge in [-0.3, -0.25) is 9.59 Å². The largest absolute Gasteiger partial charge is 0.351 e. The van der Waals surface area contributed by atoms with Crippen molar-refractivity contribution in [2.45, 2.75) is 45.6 Å². The normalized spacial score (nSPS) is 16.8. The third-order valence-corrected chi connectivity index (χ3v) is 2.47. The Morgan fingerprint density at radius 3 is 2.31 bits per heavy atom. The summed E-state index contributed by atoms with van der Waals surface area (Å²) in [6.07, 6.45) is 2.39. The molecule has 0 saturated heterocycles. The van der Waals surface area contributed by atoms with Crippen LogP contribution in [-0.4, -0.2) is 17.2 Å². The van der Waals surface area contributed by atoms with Crippen LogP contribution < -0.4 is 5.32 Å². The van der Waals surface area contributed by atoms with E-state index in [0.717, 1.165) is 0 Å². The average Bonchev–Trinajstić information content (AvgIpc) is 2.60. The van der Waals surface area contributed by atoms with E-state index in [-0.39, 0.29) is 23.7 Å². The van der Waals surface area contributed by atoms with E-state index in [1.165, 1.54) is 19.8 Å². The van der Waals surface area contributed by atoms with E-state index in [1.807, 2.05) is 13.8 Å². The van der Waals surface area contributed by atoms with Gasteiger partial charge in [-0.1, -0.05) is 0 Å². The van der Waals surface area contributed by atoms with Gasteiger partial charge in [-0.25, -0.2) is 0 Å². The first kappa shape index (κ1) is 10.2. The van der Waals surface area contributed by atoms with Crippen molar-refractivity contribution in [3.63, 3.8) is 0 Å². The standard InChI is InChI=1S/C10H17NO2/c1-7(12)6-9(13)11-10(2,3)8-4-5-8/h8H,4-6H2,1-3H3,(H,11,13). The lowest BCUT2D eigenvalue weighted by molar-refractivity contribution is -0.128. The van der Waals surface area contributed by atoms with Gasteiger partial charge in [0.1, 0.15) is 5.78 Å². The summed E-state index contributed by atoms with van der Waals surface area (Å²) in [6, 6.07) is 0. The van der Waals surface area contributed by atoms with Crippen LogP contribution in [0.15, 0.2) is 0 Å². The molecule has 3 nitrogen and oxygen atoms in total. The molecule has 0 unspecified atom stereocenters. The number of ketones is 1. The Morgan fingerprint density at radius 1 is 1.38 bits per heavy atom. The van der Waals surface area contributed by atoms with Gasteiger partial charge in [-0.05, 0) is 39.5 Å². The Morgan fingerprint density at radius 2 is 1.92 bits per heavy atom. The molecule has 0 aromatic heterocycles. The summed E-state index contributed by atoms with van der Waals surface area (Å²) in [7, 11) is 0. The Balaban J connectivity index is 2.38. The van der Waals surface area contributed by atoms with Crippen LogP contribution in [0.4, 0.5) is 0 Å². The first-order chi connectivity index (χ1) is 5.92. The van der Waals surface area contributed by atoms with Crippen LogP contribution in [0.5, 0.6) is 0 Å². The molecule has 1 fully saturated rings. The van der Waals surface area contributed by atoms with Crippen molar-refractivity contribution in [2.75, 3.05) is 0 Å². The zero-order chi connectivity index (χ0) is 10.1. The molecule has 0 aromatic carbocycles. The minimum atomic E-state index is -0.149.